The van der Waals surface area contributed by atoms with Gasteiger partial charge in [0.15, 0.2) is 0 Å². The van der Waals surface area contributed by atoms with E-state index in [1.54, 1.807) is 7.11 Å². The summed E-state index contributed by atoms with van der Waals surface area (Å²) in [5.41, 5.74) is 3.48. The van der Waals surface area contributed by atoms with E-state index in [0.29, 0.717) is 23.6 Å². The maximum Gasteiger partial charge on any atom is 0.251 e. The number of amides is 2. The Labute approximate surface area is 180 Å². The average Bonchev–Trinajstić information content (AvgIpc) is 2.79. The molecule has 0 fully saturated rings. The van der Waals surface area contributed by atoms with Gasteiger partial charge < -0.3 is 15.4 Å². The van der Waals surface area contributed by atoms with Gasteiger partial charge in [-0.2, -0.15) is 0 Å². The van der Waals surface area contributed by atoms with Gasteiger partial charge in [-0.05, 0) is 47.5 Å². The van der Waals surface area contributed by atoms with Crippen LogP contribution in [0.25, 0.3) is 0 Å². The molecule has 0 spiro atoms. The molecule has 154 valence electrons. The van der Waals surface area contributed by atoms with Crippen molar-refractivity contribution in [3.8, 4) is 5.75 Å². The minimum Gasteiger partial charge on any atom is -0.497 e. The summed E-state index contributed by atoms with van der Waals surface area (Å²) in [6, 6.07) is 24.5. The number of anilines is 1. The van der Waals surface area contributed by atoms with Crippen LogP contribution in [0.2, 0.25) is 0 Å². The molecule has 5 nitrogen and oxygen atoms in total. The highest BCUT2D eigenvalue weighted by atomic mass is 32.2. The predicted molar refractivity (Wildman–Crippen MR) is 122 cm³/mol. The van der Waals surface area contributed by atoms with Crippen LogP contribution in [0.15, 0.2) is 78.9 Å². The zero-order valence-electron chi connectivity index (χ0n) is 16.8. The second-order valence-electron chi connectivity index (χ2n) is 6.63. The lowest BCUT2D eigenvalue weighted by molar-refractivity contribution is -0.113. The van der Waals surface area contributed by atoms with Gasteiger partial charge in [0, 0.05) is 23.5 Å². The molecule has 0 aliphatic carbocycles. The fraction of sp³-hybridized carbons (Fsp3) is 0.167. The van der Waals surface area contributed by atoms with Gasteiger partial charge in [-0.3, -0.25) is 9.59 Å². The van der Waals surface area contributed by atoms with Crippen LogP contribution in [0.4, 0.5) is 5.69 Å². The minimum absolute atomic E-state index is 0.0271. The molecule has 2 N–H and O–H groups in total. The van der Waals surface area contributed by atoms with Crippen LogP contribution in [0.3, 0.4) is 0 Å². The summed E-state index contributed by atoms with van der Waals surface area (Å²) < 4.78 is 5.13. The van der Waals surface area contributed by atoms with E-state index in [2.05, 4.69) is 10.6 Å². The molecule has 0 aliphatic rings. The third-order valence-corrected chi connectivity index (χ3v) is 5.39. The zero-order valence-corrected chi connectivity index (χ0v) is 17.6. The molecule has 0 bridgehead atoms. The number of benzene rings is 3. The van der Waals surface area contributed by atoms with Crippen molar-refractivity contribution in [2.75, 3.05) is 18.2 Å². The highest BCUT2D eigenvalue weighted by molar-refractivity contribution is 7.99. The molecule has 0 heterocycles. The van der Waals surface area contributed by atoms with Crippen LogP contribution in [-0.4, -0.2) is 24.7 Å². The minimum atomic E-state index is -0.118. The molecule has 0 radical (unpaired) electrons. The van der Waals surface area contributed by atoms with Gasteiger partial charge in [0.2, 0.25) is 5.91 Å². The van der Waals surface area contributed by atoms with Crippen molar-refractivity contribution in [1.29, 1.82) is 0 Å². The van der Waals surface area contributed by atoms with Crippen LogP contribution in [0.1, 0.15) is 21.5 Å². The molecule has 0 saturated carbocycles. The summed E-state index contributed by atoms with van der Waals surface area (Å²) >= 11 is 1.54. The molecule has 3 rings (SSSR count). The van der Waals surface area contributed by atoms with Gasteiger partial charge >= 0.3 is 0 Å². The first-order valence-corrected chi connectivity index (χ1v) is 10.7. The molecular weight excluding hydrogens is 396 g/mol. The Morgan fingerprint density at radius 3 is 2.20 bits per heavy atom. The summed E-state index contributed by atoms with van der Waals surface area (Å²) in [4.78, 5) is 24.3. The molecule has 0 aliphatic heterocycles. The van der Waals surface area contributed by atoms with Crippen molar-refractivity contribution in [2.24, 2.45) is 0 Å². The summed E-state index contributed by atoms with van der Waals surface area (Å²) in [5.74, 6) is 1.72. The summed E-state index contributed by atoms with van der Waals surface area (Å²) in [6.07, 6.45) is 0. The van der Waals surface area contributed by atoms with Crippen molar-refractivity contribution in [3.63, 3.8) is 0 Å². The second-order valence-corrected chi connectivity index (χ2v) is 7.62. The Morgan fingerprint density at radius 2 is 1.53 bits per heavy atom. The SMILES string of the molecule is COc1ccc(CNC(=O)c2ccc(CSCC(=O)Nc3ccccc3)cc2)cc1. The molecule has 0 unspecified atom stereocenters. The highest BCUT2D eigenvalue weighted by Gasteiger charge is 2.07. The van der Waals surface area contributed by atoms with E-state index in [1.165, 1.54) is 11.8 Å². The number of carbonyl (C=O) groups excluding carboxylic acids is 2. The first kappa shape index (κ1) is 21.5. The van der Waals surface area contributed by atoms with Gasteiger partial charge in [-0.25, -0.2) is 0 Å². The maximum absolute atomic E-state index is 12.3. The Hall–Kier alpha value is -3.25. The van der Waals surface area contributed by atoms with Crippen molar-refractivity contribution in [2.45, 2.75) is 12.3 Å². The Morgan fingerprint density at radius 1 is 0.867 bits per heavy atom. The first-order chi connectivity index (χ1) is 14.6. The normalized spacial score (nSPS) is 10.3. The molecule has 2 amide bonds. The fourth-order valence-electron chi connectivity index (χ4n) is 2.76. The molecule has 30 heavy (non-hydrogen) atoms. The van der Waals surface area contributed by atoms with E-state index in [0.717, 1.165) is 22.6 Å². The molecule has 3 aromatic rings. The summed E-state index contributed by atoms with van der Waals surface area (Å²) in [5, 5.41) is 5.78. The molecule has 0 saturated heterocycles. The smallest absolute Gasteiger partial charge is 0.251 e. The summed E-state index contributed by atoms with van der Waals surface area (Å²) in [7, 11) is 1.62. The summed E-state index contributed by atoms with van der Waals surface area (Å²) in [6.45, 7) is 0.455. The van der Waals surface area contributed by atoms with Gasteiger partial charge in [-0.1, -0.05) is 42.5 Å². The van der Waals surface area contributed by atoms with Crippen molar-refractivity contribution in [1.82, 2.24) is 5.32 Å². The number of hydrogen-bond acceptors (Lipinski definition) is 4. The van der Waals surface area contributed by atoms with Crippen molar-refractivity contribution < 1.29 is 14.3 Å². The number of methoxy groups -OCH3 is 1. The fourth-order valence-corrected chi connectivity index (χ4v) is 3.55. The third-order valence-electron chi connectivity index (χ3n) is 4.39. The molecule has 3 aromatic carbocycles. The second kappa shape index (κ2) is 11.1. The number of carbonyl (C=O) groups is 2. The van der Waals surface area contributed by atoms with Crippen LogP contribution in [-0.2, 0) is 17.1 Å². The monoisotopic (exact) mass is 420 g/mol. The molecule has 0 aromatic heterocycles. The van der Waals surface area contributed by atoms with Crippen LogP contribution in [0.5, 0.6) is 5.75 Å². The molecular formula is C24H24N2O3S. The van der Waals surface area contributed by atoms with Crippen LogP contribution < -0.4 is 15.4 Å². The van der Waals surface area contributed by atoms with Crippen molar-refractivity contribution in [3.05, 3.63) is 95.6 Å². The van der Waals surface area contributed by atoms with E-state index in [9.17, 15) is 9.59 Å². The third kappa shape index (κ3) is 6.67. The number of thioether (sulfide) groups is 1. The van der Waals surface area contributed by atoms with E-state index < -0.39 is 0 Å². The standard InChI is InChI=1S/C24H24N2O3S/c1-29-22-13-9-18(10-14-22)15-25-24(28)20-11-7-19(8-12-20)16-30-17-23(27)26-21-5-3-2-4-6-21/h2-14H,15-17H2,1H3,(H,25,28)(H,26,27). The Kier molecular flexibility index (Phi) is 7.92. The largest absolute Gasteiger partial charge is 0.497 e. The number of nitrogens with one attached hydrogen (secondary N) is 2. The highest BCUT2D eigenvalue weighted by Crippen LogP contribution is 2.15. The van der Waals surface area contributed by atoms with Gasteiger partial charge in [0.25, 0.3) is 5.91 Å². The van der Waals surface area contributed by atoms with Gasteiger partial charge in [-0.15, -0.1) is 11.8 Å². The topological polar surface area (TPSA) is 67.4 Å². The van der Waals surface area contributed by atoms with Crippen LogP contribution in [0, 0.1) is 0 Å². The average molecular weight is 421 g/mol. The Balaban J connectivity index is 1.41. The number of para-hydroxylation sites is 1. The first-order valence-electron chi connectivity index (χ1n) is 9.57. The lowest BCUT2D eigenvalue weighted by atomic mass is 10.1. The molecule has 6 heteroatoms. The number of hydrogen-bond donors (Lipinski definition) is 2. The van der Waals surface area contributed by atoms with E-state index in [-0.39, 0.29) is 11.8 Å². The van der Waals surface area contributed by atoms with E-state index >= 15 is 0 Å². The van der Waals surface area contributed by atoms with E-state index in [4.69, 9.17) is 4.74 Å². The number of rotatable bonds is 9. The van der Waals surface area contributed by atoms with Crippen LogP contribution >= 0.6 is 11.8 Å². The van der Waals surface area contributed by atoms with Gasteiger partial charge in [0.1, 0.15) is 5.75 Å². The maximum atomic E-state index is 12.3. The predicted octanol–water partition coefficient (Wildman–Crippen LogP) is 4.50. The Bertz CT molecular complexity index is 958. The van der Waals surface area contributed by atoms with Gasteiger partial charge in [0.05, 0.1) is 12.9 Å². The lowest BCUT2D eigenvalue weighted by Gasteiger charge is -2.08. The quantitative estimate of drug-likeness (QED) is 0.535. The molecule has 0 atom stereocenters. The van der Waals surface area contributed by atoms with Crippen molar-refractivity contribution >= 4 is 29.3 Å². The van der Waals surface area contributed by atoms with E-state index in [1.807, 2.05) is 78.9 Å². The lowest BCUT2D eigenvalue weighted by Crippen LogP contribution is -2.22. The zero-order chi connectivity index (χ0) is 21.2. The number of ether oxygens (including phenoxy) is 1.